The van der Waals surface area contributed by atoms with E-state index in [-0.39, 0.29) is 11.6 Å². The van der Waals surface area contributed by atoms with Gasteiger partial charge >= 0.3 is 0 Å². The Labute approximate surface area is 148 Å². The summed E-state index contributed by atoms with van der Waals surface area (Å²) in [6.45, 7) is 8.17. The quantitative estimate of drug-likeness (QED) is 0.846. The van der Waals surface area contributed by atoms with Crippen molar-refractivity contribution in [2.45, 2.75) is 20.0 Å². The first-order valence-electron chi connectivity index (χ1n) is 8.90. The summed E-state index contributed by atoms with van der Waals surface area (Å²) in [7, 11) is 0. The molecule has 0 atom stereocenters. The summed E-state index contributed by atoms with van der Waals surface area (Å²) in [5.74, 6) is 0.111. The van der Waals surface area contributed by atoms with E-state index in [1.165, 1.54) is 0 Å². The van der Waals surface area contributed by atoms with E-state index >= 15 is 0 Å². The predicted octanol–water partition coefficient (Wildman–Crippen LogP) is 2.96. The second-order valence-corrected chi connectivity index (χ2v) is 6.48. The summed E-state index contributed by atoms with van der Waals surface area (Å²) >= 11 is 0. The van der Waals surface area contributed by atoms with Gasteiger partial charge in [0.1, 0.15) is 11.6 Å². The molecule has 0 saturated carbocycles. The van der Waals surface area contributed by atoms with Gasteiger partial charge in [-0.25, -0.2) is 4.39 Å². The fourth-order valence-corrected chi connectivity index (χ4v) is 3.24. The Balaban J connectivity index is 1.55. The van der Waals surface area contributed by atoms with E-state index in [1.54, 1.807) is 18.2 Å². The predicted molar refractivity (Wildman–Crippen MR) is 99.4 cm³/mol. The summed E-state index contributed by atoms with van der Waals surface area (Å²) < 4.78 is 14.5. The molecule has 0 radical (unpaired) electrons. The Morgan fingerprint density at radius 3 is 2.36 bits per heavy atom. The number of phenols is 1. The van der Waals surface area contributed by atoms with Crippen molar-refractivity contribution in [3.8, 4) is 5.75 Å². The lowest BCUT2D eigenvalue weighted by Crippen LogP contribution is -2.46. The molecule has 1 aliphatic rings. The first-order chi connectivity index (χ1) is 12.2. The van der Waals surface area contributed by atoms with Crippen molar-refractivity contribution >= 4 is 5.69 Å². The van der Waals surface area contributed by atoms with Crippen molar-refractivity contribution < 1.29 is 9.50 Å². The number of nitrogens with one attached hydrogen (secondary N) is 1. The number of aromatic hydroxyl groups is 1. The van der Waals surface area contributed by atoms with Crippen LogP contribution in [0.4, 0.5) is 10.1 Å². The Morgan fingerprint density at radius 2 is 1.72 bits per heavy atom. The SMILES string of the molecule is CCN1CCN(c2ccc(CNCc3cccc(O)c3)cc2F)CC1. The van der Waals surface area contributed by atoms with Crippen LogP contribution in [0.2, 0.25) is 0 Å². The second-order valence-electron chi connectivity index (χ2n) is 6.48. The zero-order valence-corrected chi connectivity index (χ0v) is 14.7. The van der Waals surface area contributed by atoms with E-state index in [0.29, 0.717) is 18.8 Å². The molecule has 0 aliphatic carbocycles. The van der Waals surface area contributed by atoms with Gasteiger partial charge in [0.05, 0.1) is 5.69 Å². The van der Waals surface area contributed by atoms with Gasteiger partial charge in [-0.05, 0) is 41.9 Å². The molecule has 2 N–H and O–H groups in total. The zero-order valence-electron chi connectivity index (χ0n) is 14.7. The van der Waals surface area contributed by atoms with Gasteiger partial charge in [0.2, 0.25) is 0 Å². The van der Waals surface area contributed by atoms with Crippen LogP contribution in [0, 0.1) is 5.82 Å². The highest BCUT2D eigenvalue weighted by Crippen LogP contribution is 2.22. The monoisotopic (exact) mass is 343 g/mol. The number of rotatable bonds is 6. The van der Waals surface area contributed by atoms with Crippen LogP contribution in [0.1, 0.15) is 18.1 Å². The summed E-state index contributed by atoms with van der Waals surface area (Å²) in [5, 5.41) is 12.8. The average Bonchev–Trinajstić information content (AvgIpc) is 2.62. The lowest BCUT2D eigenvalue weighted by Gasteiger charge is -2.35. The highest BCUT2D eigenvalue weighted by molar-refractivity contribution is 5.49. The third-order valence-electron chi connectivity index (χ3n) is 4.74. The number of anilines is 1. The van der Waals surface area contributed by atoms with Gasteiger partial charge in [-0.1, -0.05) is 25.1 Å². The number of nitrogens with zero attached hydrogens (tertiary/aromatic N) is 2. The number of benzene rings is 2. The summed E-state index contributed by atoms with van der Waals surface area (Å²) in [4.78, 5) is 4.51. The van der Waals surface area contributed by atoms with E-state index in [0.717, 1.165) is 43.9 Å². The minimum Gasteiger partial charge on any atom is -0.508 e. The standard InChI is InChI=1S/C20H26FN3O/c1-2-23-8-10-24(11-9-23)20-7-6-17(13-19(20)21)15-22-14-16-4-3-5-18(25)12-16/h3-7,12-13,22,25H,2,8-11,14-15H2,1H3. The normalized spacial score (nSPS) is 15.5. The van der Waals surface area contributed by atoms with Crippen molar-refractivity contribution in [1.29, 1.82) is 0 Å². The number of hydrogen-bond donors (Lipinski definition) is 2. The summed E-state index contributed by atoms with van der Waals surface area (Å²) in [6.07, 6.45) is 0. The Hall–Kier alpha value is -2.11. The molecule has 5 heteroatoms. The minimum absolute atomic E-state index is 0.151. The average molecular weight is 343 g/mol. The van der Waals surface area contributed by atoms with Gasteiger partial charge in [0.25, 0.3) is 0 Å². The fourth-order valence-electron chi connectivity index (χ4n) is 3.24. The molecule has 0 spiro atoms. The highest BCUT2D eigenvalue weighted by atomic mass is 19.1. The number of likely N-dealkylation sites (N-methyl/N-ethyl adjacent to an activating group) is 1. The number of piperazine rings is 1. The van der Waals surface area contributed by atoms with Crippen LogP contribution in [0.15, 0.2) is 42.5 Å². The number of halogens is 1. The molecule has 25 heavy (non-hydrogen) atoms. The smallest absolute Gasteiger partial charge is 0.146 e. The van der Waals surface area contributed by atoms with Gasteiger partial charge in [-0.15, -0.1) is 0 Å². The van der Waals surface area contributed by atoms with Crippen molar-refractivity contribution in [3.63, 3.8) is 0 Å². The largest absolute Gasteiger partial charge is 0.508 e. The number of phenolic OH excluding ortho intramolecular Hbond substituents is 1. The third kappa shape index (κ3) is 4.71. The molecule has 0 aromatic heterocycles. The molecule has 2 aromatic carbocycles. The first-order valence-corrected chi connectivity index (χ1v) is 8.90. The van der Waals surface area contributed by atoms with Gasteiger partial charge < -0.3 is 20.2 Å². The summed E-state index contributed by atoms with van der Waals surface area (Å²) in [5.41, 5.74) is 2.63. The van der Waals surface area contributed by atoms with Crippen molar-refractivity contribution in [1.82, 2.24) is 10.2 Å². The van der Waals surface area contributed by atoms with E-state index in [4.69, 9.17) is 0 Å². The Morgan fingerprint density at radius 1 is 1.00 bits per heavy atom. The van der Waals surface area contributed by atoms with Crippen molar-refractivity contribution in [2.75, 3.05) is 37.6 Å². The molecule has 0 bridgehead atoms. The molecule has 4 nitrogen and oxygen atoms in total. The molecule has 0 unspecified atom stereocenters. The maximum Gasteiger partial charge on any atom is 0.146 e. The van der Waals surface area contributed by atoms with Gasteiger partial charge in [0, 0.05) is 39.3 Å². The molecule has 2 aromatic rings. The molecule has 1 heterocycles. The van der Waals surface area contributed by atoms with E-state index < -0.39 is 0 Å². The van der Waals surface area contributed by atoms with Crippen LogP contribution >= 0.6 is 0 Å². The maximum atomic E-state index is 14.5. The molecular formula is C20H26FN3O. The topological polar surface area (TPSA) is 38.7 Å². The molecule has 0 amide bonds. The van der Waals surface area contributed by atoms with Gasteiger partial charge in [-0.2, -0.15) is 0 Å². The number of hydrogen-bond acceptors (Lipinski definition) is 4. The van der Waals surface area contributed by atoms with E-state index in [9.17, 15) is 9.50 Å². The lowest BCUT2D eigenvalue weighted by atomic mass is 10.1. The van der Waals surface area contributed by atoms with Crippen molar-refractivity contribution in [2.24, 2.45) is 0 Å². The zero-order chi connectivity index (χ0) is 17.6. The van der Waals surface area contributed by atoms with Crippen LogP contribution in [0.5, 0.6) is 5.75 Å². The van der Waals surface area contributed by atoms with Crippen LogP contribution in [0.25, 0.3) is 0 Å². The molecule has 1 fully saturated rings. The Bertz CT molecular complexity index is 699. The summed E-state index contributed by atoms with van der Waals surface area (Å²) in [6, 6.07) is 12.6. The minimum atomic E-state index is -0.151. The van der Waals surface area contributed by atoms with Crippen LogP contribution < -0.4 is 10.2 Å². The Kier molecular flexibility index (Phi) is 5.89. The molecular weight excluding hydrogens is 317 g/mol. The van der Waals surface area contributed by atoms with Crippen LogP contribution in [-0.4, -0.2) is 42.7 Å². The molecule has 3 rings (SSSR count). The molecule has 1 aliphatic heterocycles. The van der Waals surface area contributed by atoms with E-state index in [2.05, 4.69) is 22.0 Å². The van der Waals surface area contributed by atoms with Crippen LogP contribution in [0.3, 0.4) is 0 Å². The maximum absolute atomic E-state index is 14.5. The van der Waals surface area contributed by atoms with Gasteiger partial charge in [0.15, 0.2) is 0 Å². The highest BCUT2D eigenvalue weighted by Gasteiger charge is 2.18. The lowest BCUT2D eigenvalue weighted by molar-refractivity contribution is 0.270. The van der Waals surface area contributed by atoms with E-state index in [1.807, 2.05) is 24.3 Å². The molecule has 1 saturated heterocycles. The third-order valence-corrected chi connectivity index (χ3v) is 4.74. The first kappa shape index (κ1) is 17.7. The van der Waals surface area contributed by atoms with Crippen LogP contribution in [-0.2, 0) is 13.1 Å². The van der Waals surface area contributed by atoms with Crippen molar-refractivity contribution in [3.05, 3.63) is 59.4 Å². The fraction of sp³-hybridized carbons (Fsp3) is 0.400. The van der Waals surface area contributed by atoms with Gasteiger partial charge in [-0.3, -0.25) is 0 Å². The second kappa shape index (κ2) is 8.32. The molecule has 134 valence electrons.